The topological polar surface area (TPSA) is 80.5 Å². The highest BCUT2D eigenvalue weighted by atomic mass is 35.5. The molecule has 1 fully saturated rings. The predicted molar refractivity (Wildman–Crippen MR) is 105 cm³/mol. The van der Waals surface area contributed by atoms with Gasteiger partial charge in [0.25, 0.3) is 0 Å². The van der Waals surface area contributed by atoms with Crippen molar-refractivity contribution >= 4 is 23.3 Å². The first-order valence-electron chi connectivity index (χ1n) is 8.96. The molecular weight excluding hydrogens is 380 g/mol. The molecule has 2 heterocycles. The second kappa shape index (κ2) is 7.90. The number of urea groups is 1. The van der Waals surface area contributed by atoms with Crippen molar-refractivity contribution in [3.63, 3.8) is 0 Å². The highest BCUT2D eigenvalue weighted by Crippen LogP contribution is 2.33. The van der Waals surface area contributed by atoms with E-state index >= 15 is 0 Å². The Bertz CT molecular complexity index is 991. The third-order valence-electron chi connectivity index (χ3n) is 4.67. The second-order valence-corrected chi connectivity index (χ2v) is 6.88. The summed E-state index contributed by atoms with van der Waals surface area (Å²) < 4.78 is 10.8. The fourth-order valence-electron chi connectivity index (χ4n) is 3.32. The molecule has 28 heavy (non-hydrogen) atoms. The number of benzene rings is 2. The van der Waals surface area contributed by atoms with Crippen LogP contribution in [-0.4, -0.2) is 34.7 Å². The number of hydrogen-bond acceptors (Lipinski definition) is 5. The number of amides is 2. The molecule has 0 spiro atoms. The van der Waals surface area contributed by atoms with Gasteiger partial charge in [-0.3, -0.25) is 0 Å². The molecular formula is C20H19ClN4O3. The summed E-state index contributed by atoms with van der Waals surface area (Å²) in [6, 6.07) is 14.0. The van der Waals surface area contributed by atoms with Crippen LogP contribution in [0.25, 0.3) is 11.4 Å². The number of ether oxygens (including phenoxy) is 1. The zero-order chi connectivity index (χ0) is 19.5. The molecule has 1 aromatic heterocycles. The smallest absolute Gasteiger partial charge is 0.322 e. The van der Waals surface area contributed by atoms with Crippen molar-refractivity contribution in [3.05, 3.63) is 59.4 Å². The number of aromatic nitrogens is 2. The molecule has 1 saturated heterocycles. The lowest BCUT2D eigenvalue weighted by Gasteiger charge is -2.22. The number of likely N-dealkylation sites (tertiary alicyclic amines) is 1. The number of carbonyl (C=O) groups is 1. The molecule has 0 saturated carbocycles. The molecule has 7 nitrogen and oxygen atoms in total. The van der Waals surface area contributed by atoms with Crippen LogP contribution in [-0.2, 0) is 0 Å². The van der Waals surface area contributed by atoms with Gasteiger partial charge in [0.15, 0.2) is 0 Å². The molecule has 0 radical (unpaired) electrons. The van der Waals surface area contributed by atoms with E-state index in [1.54, 1.807) is 36.3 Å². The molecule has 4 rings (SSSR count). The van der Waals surface area contributed by atoms with Gasteiger partial charge < -0.3 is 19.5 Å². The van der Waals surface area contributed by atoms with Crippen LogP contribution in [0, 0.1) is 0 Å². The molecule has 3 aromatic rings. The third-order valence-corrected chi connectivity index (χ3v) is 4.91. The number of nitrogens with zero attached hydrogens (tertiary/aromatic N) is 3. The van der Waals surface area contributed by atoms with Crippen LogP contribution >= 0.6 is 11.6 Å². The molecule has 1 N–H and O–H groups in total. The van der Waals surface area contributed by atoms with Gasteiger partial charge in [-0.1, -0.05) is 41.0 Å². The van der Waals surface area contributed by atoms with Crippen LogP contribution in [0.5, 0.6) is 5.75 Å². The third kappa shape index (κ3) is 3.66. The van der Waals surface area contributed by atoms with Gasteiger partial charge in [0, 0.05) is 17.1 Å². The molecule has 1 aliphatic heterocycles. The Morgan fingerprint density at radius 3 is 2.96 bits per heavy atom. The molecule has 0 unspecified atom stereocenters. The van der Waals surface area contributed by atoms with Crippen LogP contribution in [0.4, 0.5) is 10.5 Å². The normalized spacial score (nSPS) is 16.2. The summed E-state index contributed by atoms with van der Waals surface area (Å²) in [4.78, 5) is 19.0. The minimum absolute atomic E-state index is 0.227. The number of rotatable bonds is 4. The number of halogens is 1. The average molecular weight is 399 g/mol. The first-order chi connectivity index (χ1) is 13.7. The van der Waals surface area contributed by atoms with Gasteiger partial charge >= 0.3 is 6.03 Å². The van der Waals surface area contributed by atoms with Crippen LogP contribution in [0.15, 0.2) is 53.1 Å². The minimum Gasteiger partial charge on any atom is -0.495 e. The maximum atomic E-state index is 12.8. The van der Waals surface area contributed by atoms with Gasteiger partial charge in [-0.2, -0.15) is 4.98 Å². The summed E-state index contributed by atoms with van der Waals surface area (Å²) in [6.45, 7) is 0.612. The van der Waals surface area contributed by atoms with Gasteiger partial charge in [0.2, 0.25) is 11.7 Å². The van der Waals surface area contributed by atoms with Gasteiger partial charge in [0.05, 0.1) is 12.8 Å². The molecule has 1 aliphatic rings. The maximum Gasteiger partial charge on any atom is 0.322 e. The van der Waals surface area contributed by atoms with E-state index in [1.807, 2.05) is 24.3 Å². The summed E-state index contributed by atoms with van der Waals surface area (Å²) in [6.07, 6.45) is 1.62. The van der Waals surface area contributed by atoms with E-state index in [9.17, 15) is 4.79 Å². The van der Waals surface area contributed by atoms with E-state index in [-0.39, 0.29) is 12.1 Å². The molecule has 2 amide bonds. The van der Waals surface area contributed by atoms with Crippen LogP contribution < -0.4 is 10.1 Å². The monoisotopic (exact) mass is 398 g/mol. The Labute approximate surface area is 167 Å². The lowest BCUT2D eigenvalue weighted by atomic mass is 10.2. The second-order valence-electron chi connectivity index (χ2n) is 6.45. The van der Waals surface area contributed by atoms with Gasteiger partial charge in [-0.25, -0.2) is 4.79 Å². The number of hydrogen-bond donors (Lipinski definition) is 1. The van der Waals surface area contributed by atoms with Crippen molar-refractivity contribution in [3.8, 4) is 17.1 Å². The van der Waals surface area contributed by atoms with Crippen LogP contribution in [0.2, 0.25) is 5.02 Å². The lowest BCUT2D eigenvalue weighted by Crippen LogP contribution is -2.34. The first kappa shape index (κ1) is 18.3. The van der Waals surface area contributed by atoms with E-state index in [0.29, 0.717) is 34.7 Å². The fraction of sp³-hybridized carbons (Fsp3) is 0.250. The van der Waals surface area contributed by atoms with E-state index in [0.717, 1.165) is 18.4 Å². The van der Waals surface area contributed by atoms with E-state index in [4.69, 9.17) is 20.9 Å². The Kier molecular flexibility index (Phi) is 5.16. The largest absolute Gasteiger partial charge is 0.495 e. The molecule has 0 bridgehead atoms. The van der Waals surface area contributed by atoms with E-state index in [1.165, 1.54) is 0 Å². The summed E-state index contributed by atoms with van der Waals surface area (Å²) >= 11 is 6.04. The predicted octanol–water partition coefficient (Wildman–Crippen LogP) is 4.77. The summed E-state index contributed by atoms with van der Waals surface area (Å²) in [5, 5.41) is 7.56. The van der Waals surface area contributed by atoms with Crippen LogP contribution in [0.1, 0.15) is 24.8 Å². The van der Waals surface area contributed by atoms with Crippen molar-refractivity contribution in [2.75, 3.05) is 19.0 Å². The van der Waals surface area contributed by atoms with Crippen molar-refractivity contribution in [2.45, 2.75) is 18.9 Å². The van der Waals surface area contributed by atoms with E-state index < -0.39 is 0 Å². The Morgan fingerprint density at radius 1 is 1.29 bits per heavy atom. The fourth-order valence-corrected chi connectivity index (χ4v) is 3.51. The summed E-state index contributed by atoms with van der Waals surface area (Å²) in [5.41, 5.74) is 1.39. The Balaban J connectivity index is 1.53. The van der Waals surface area contributed by atoms with Gasteiger partial charge in [0.1, 0.15) is 11.8 Å². The number of nitrogens with one attached hydrogen (secondary N) is 1. The number of anilines is 1. The first-order valence-corrected chi connectivity index (χ1v) is 9.33. The summed E-state index contributed by atoms with van der Waals surface area (Å²) in [7, 11) is 1.57. The average Bonchev–Trinajstić information content (AvgIpc) is 3.38. The number of para-hydroxylation sites is 2. The van der Waals surface area contributed by atoms with Crippen molar-refractivity contribution in [1.82, 2.24) is 15.0 Å². The quantitative estimate of drug-likeness (QED) is 0.684. The molecule has 144 valence electrons. The van der Waals surface area contributed by atoms with E-state index in [2.05, 4.69) is 15.5 Å². The molecule has 1 atom stereocenters. The maximum absolute atomic E-state index is 12.8. The van der Waals surface area contributed by atoms with Crippen LogP contribution in [0.3, 0.4) is 0 Å². The lowest BCUT2D eigenvalue weighted by molar-refractivity contribution is 0.193. The SMILES string of the molecule is COc1ccccc1NC(=O)N1CCC[C@@H]1c1nc(-c2cccc(Cl)c2)no1. The molecule has 0 aliphatic carbocycles. The number of methoxy groups -OCH3 is 1. The van der Waals surface area contributed by atoms with Crippen molar-refractivity contribution in [2.24, 2.45) is 0 Å². The standard InChI is InChI=1S/C20H19ClN4O3/c1-27-17-10-3-2-8-15(17)22-20(26)25-11-5-9-16(25)19-23-18(24-28-19)13-6-4-7-14(21)12-13/h2-4,6-8,10,12,16H,5,9,11H2,1H3,(H,22,26)/t16-/m1/s1. The Hall–Kier alpha value is -3.06. The zero-order valence-electron chi connectivity index (χ0n) is 15.3. The molecule has 2 aromatic carbocycles. The minimum atomic E-state index is -0.268. The number of carbonyl (C=O) groups excluding carboxylic acids is 1. The molecule has 8 heteroatoms. The van der Waals surface area contributed by atoms with Crippen molar-refractivity contribution in [1.29, 1.82) is 0 Å². The highest BCUT2D eigenvalue weighted by molar-refractivity contribution is 6.30. The summed E-state index contributed by atoms with van der Waals surface area (Å²) in [5.74, 6) is 1.48. The van der Waals surface area contributed by atoms with Gasteiger partial charge in [-0.15, -0.1) is 0 Å². The highest BCUT2D eigenvalue weighted by Gasteiger charge is 2.34. The van der Waals surface area contributed by atoms with Gasteiger partial charge in [-0.05, 0) is 37.1 Å². The Morgan fingerprint density at radius 2 is 2.14 bits per heavy atom. The zero-order valence-corrected chi connectivity index (χ0v) is 16.0. The van der Waals surface area contributed by atoms with Crippen molar-refractivity contribution < 1.29 is 14.1 Å².